The number of hydrogen-bond donors (Lipinski definition) is 1. The monoisotopic (exact) mass is 418 g/mol. The SMILES string of the molecule is COc1ccccc1NC(=O)N1CCc2cc(OC)c(OC)cc2[C@H]1c1ccccc1. The van der Waals surface area contributed by atoms with E-state index < -0.39 is 0 Å². The first kappa shape index (κ1) is 20.6. The average molecular weight is 418 g/mol. The summed E-state index contributed by atoms with van der Waals surface area (Å²) in [5, 5.41) is 3.02. The molecule has 2 amide bonds. The predicted molar refractivity (Wildman–Crippen MR) is 120 cm³/mol. The number of fused-ring (bicyclic) bond motifs is 1. The van der Waals surface area contributed by atoms with Crippen LogP contribution in [-0.2, 0) is 6.42 Å². The molecule has 1 aliphatic heterocycles. The molecule has 6 heteroatoms. The lowest BCUT2D eigenvalue weighted by Gasteiger charge is -2.38. The Morgan fingerprint density at radius 1 is 0.871 bits per heavy atom. The van der Waals surface area contributed by atoms with Gasteiger partial charge in [-0.15, -0.1) is 0 Å². The minimum Gasteiger partial charge on any atom is -0.495 e. The number of urea groups is 1. The van der Waals surface area contributed by atoms with Crippen LogP contribution in [0.4, 0.5) is 10.5 Å². The first-order valence-corrected chi connectivity index (χ1v) is 10.2. The minimum absolute atomic E-state index is 0.182. The number of carbonyl (C=O) groups is 1. The summed E-state index contributed by atoms with van der Waals surface area (Å²) in [7, 11) is 4.85. The molecule has 3 aromatic carbocycles. The van der Waals surface area contributed by atoms with Gasteiger partial charge in [-0.2, -0.15) is 0 Å². The Labute approximate surface area is 182 Å². The van der Waals surface area contributed by atoms with Crippen LogP contribution in [0.25, 0.3) is 0 Å². The first-order chi connectivity index (χ1) is 15.2. The molecule has 1 heterocycles. The lowest BCUT2D eigenvalue weighted by atomic mass is 9.88. The normalized spacial score (nSPS) is 15.1. The van der Waals surface area contributed by atoms with E-state index in [2.05, 4.69) is 5.32 Å². The van der Waals surface area contributed by atoms with Crippen LogP contribution in [-0.4, -0.2) is 38.8 Å². The maximum Gasteiger partial charge on any atom is 0.322 e. The summed E-state index contributed by atoms with van der Waals surface area (Å²) in [6.45, 7) is 0.572. The molecule has 0 bridgehead atoms. The second-order valence-electron chi connectivity index (χ2n) is 7.29. The van der Waals surface area contributed by atoms with Crippen molar-refractivity contribution >= 4 is 11.7 Å². The van der Waals surface area contributed by atoms with E-state index in [-0.39, 0.29) is 12.1 Å². The maximum atomic E-state index is 13.4. The zero-order chi connectivity index (χ0) is 21.8. The number of benzene rings is 3. The van der Waals surface area contributed by atoms with E-state index in [4.69, 9.17) is 14.2 Å². The van der Waals surface area contributed by atoms with Crippen molar-refractivity contribution in [2.75, 3.05) is 33.2 Å². The van der Waals surface area contributed by atoms with Crippen molar-refractivity contribution in [3.8, 4) is 17.2 Å². The molecular formula is C25H26N2O4. The number of anilines is 1. The number of rotatable bonds is 5. The third-order valence-electron chi connectivity index (χ3n) is 5.60. The molecule has 1 atom stereocenters. The molecule has 0 saturated heterocycles. The van der Waals surface area contributed by atoms with Gasteiger partial charge >= 0.3 is 6.03 Å². The molecule has 4 rings (SSSR count). The highest BCUT2D eigenvalue weighted by molar-refractivity contribution is 5.91. The second kappa shape index (κ2) is 9.00. The van der Waals surface area contributed by atoms with Gasteiger partial charge in [-0.1, -0.05) is 42.5 Å². The van der Waals surface area contributed by atoms with Crippen molar-refractivity contribution in [3.05, 3.63) is 83.4 Å². The molecule has 31 heavy (non-hydrogen) atoms. The standard InChI is InChI=1S/C25H26N2O4/c1-29-21-12-8-7-11-20(21)26-25(28)27-14-13-18-15-22(30-2)23(31-3)16-19(18)24(27)17-9-5-4-6-10-17/h4-12,15-16,24H,13-14H2,1-3H3,(H,26,28)/t24-/m1/s1. The molecule has 6 nitrogen and oxygen atoms in total. The van der Waals surface area contributed by atoms with E-state index in [1.807, 2.05) is 71.6 Å². The van der Waals surface area contributed by atoms with Crippen LogP contribution in [0.3, 0.4) is 0 Å². The second-order valence-corrected chi connectivity index (χ2v) is 7.29. The average Bonchev–Trinajstić information content (AvgIpc) is 2.83. The molecular weight excluding hydrogens is 392 g/mol. The van der Waals surface area contributed by atoms with Crippen LogP contribution in [0.15, 0.2) is 66.7 Å². The quantitative estimate of drug-likeness (QED) is 0.641. The summed E-state index contributed by atoms with van der Waals surface area (Å²) in [4.78, 5) is 15.3. The van der Waals surface area contributed by atoms with Crippen LogP contribution in [0.2, 0.25) is 0 Å². The number of nitrogens with zero attached hydrogens (tertiary/aromatic N) is 1. The number of amides is 2. The van der Waals surface area contributed by atoms with Crippen LogP contribution in [0.1, 0.15) is 22.7 Å². The number of para-hydroxylation sites is 2. The fourth-order valence-corrected chi connectivity index (χ4v) is 4.09. The van der Waals surface area contributed by atoms with Gasteiger partial charge < -0.3 is 24.4 Å². The summed E-state index contributed by atoms with van der Waals surface area (Å²) >= 11 is 0. The van der Waals surface area contributed by atoms with Gasteiger partial charge in [0.1, 0.15) is 5.75 Å². The molecule has 3 aromatic rings. The maximum absolute atomic E-state index is 13.4. The largest absolute Gasteiger partial charge is 0.495 e. The van der Waals surface area contributed by atoms with Crippen molar-refractivity contribution in [3.63, 3.8) is 0 Å². The van der Waals surface area contributed by atoms with Crippen molar-refractivity contribution in [2.24, 2.45) is 0 Å². The Morgan fingerprint density at radius 2 is 1.52 bits per heavy atom. The van der Waals surface area contributed by atoms with Gasteiger partial charge in [0.05, 0.1) is 33.1 Å². The highest BCUT2D eigenvalue weighted by Gasteiger charge is 2.33. The molecule has 0 saturated carbocycles. The molecule has 0 unspecified atom stereocenters. The molecule has 0 spiro atoms. The van der Waals surface area contributed by atoms with E-state index >= 15 is 0 Å². The first-order valence-electron chi connectivity index (χ1n) is 10.2. The summed E-state index contributed by atoms with van der Waals surface area (Å²) in [6, 6.07) is 21.0. The predicted octanol–water partition coefficient (Wildman–Crippen LogP) is 4.89. The highest BCUT2D eigenvalue weighted by atomic mass is 16.5. The van der Waals surface area contributed by atoms with Crippen molar-refractivity contribution in [1.82, 2.24) is 4.90 Å². The smallest absolute Gasteiger partial charge is 0.322 e. The highest BCUT2D eigenvalue weighted by Crippen LogP contribution is 2.41. The Balaban J connectivity index is 1.75. The summed E-state index contributed by atoms with van der Waals surface area (Å²) in [5.74, 6) is 1.96. The van der Waals surface area contributed by atoms with Crippen LogP contribution < -0.4 is 19.5 Å². The van der Waals surface area contributed by atoms with Crippen LogP contribution in [0.5, 0.6) is 17.2 Å². The van der Waals surface area contributed by atoms with E-state index in [1.165, 1.54) is 0 Å². The van der Waals surface area contributed by atoms with Crippen LogP contribution >= 0.6 is 0 Å². The number of ether oxygens (including phenoxy) is 3. The van der Waals surface area contributed by atoms with Gasteiger partial charge in [0, 0.05) is 6.54 Å². The van der Waals surface area contributed by atoms with E-state index in [1.54, 1.807) is 21.3 Å². The number of carbonyl (C=O) groups excluding carboxylic acids is 1. The third kappa shape index (κ3) is 4.01. The third-order valence-corrected chi connectivity index (χ3v) is 5.60. The van der Waals surface area contributed by atoms with Crippen molar-refractivity contribution in [1.29, 1.82) is 0 Å². The summed E-state index contributed by atoms with van der Waals surface area (Å²) in [5.41, 5.74) is 3.85. The fraction of sp³-hybridized carbons (Fsp3) is 0.240. The summed E-state index contributed by atoms with van der Waals surface area (Å²) < 4.78 is 16.4. The fourth-order valence-electron chi connectivity index (χ4n) is 4.09. The number of nitrogens with one attached hydrogen (secondary N) is 1. The van der Waals surface area contributed by atoms with Crippen molar-refractivity contribution in [2.45, 2.75) is 12.5 Å². The van der Waals surface area contributed by atoms with Gasteiger partial charge in [-0.05, 0) is 47.4 Å². The molecule has 160 valence electrons. The molecule has 0 aliphatic carbocycles. The molecule has 0 fully saturated rings. The van der Waals surface area contributed by atoms with Gasteiger partial charge in [0.15, 0.2) is 11.5 Å². The van der Waals surface area contributed by atoms with E-state index in [0.717, 1.165) is 23.1 Å². The van der Waals surface area contributed by atoms with Gasteiger partial charge in [-0.25, -0.2) is 4.79 Å². The summed E-state index contributed by atoms with van der Waals surface area (Å²) in [6.07, 6.45) is 0.721. The van der Waals surface area contributed by atoms with Gasteiger partial charge in [0.2, 0.25) is 0 Å². The lowest BCUT2D eigenvalue weighted by Crippen LogP contribution is -2.43. The van der Waals surface area contributed by atoms with Crippen LogP contribution in [0, 0.1) is 0 Å². The Bertz CT molecular complexity index is 1070. The van der Waals surface area contributed by atoms with Gasteiger partial charge in [0.25, 0.3) is 0 Å². The molecule has 0 aromatic heterocycles. The zero-order valence-corrected chi connectivity index (χ0v) is 17.9. The minimum atomic E-state index is -0.250. The molecule has 1 N–H and O–H groups in total. The molecule has 1 aliphatic rings. The van der Waals surface area contributed by atoms with Crippen molar-refractivity contribution < 1.29 is 19.0 Å². The van der Waals surface area contributed by atoms with Gasteiger partial charge in [-0.3, -0.25) is 0 Å². The Morgan fingerprint density at radius 3 is 2.23 bits per heavy atom. The Hall–Kier alpha value is -3.67. The number of methoxy groups -OCH3 is 3. The topological polar surface area (TPSA) is 60.0 Å². The zero-order valence-electron chi connectivity index (χ0n) is 17.9. The number of hydrogen-bond acceptors (Lipinski definition) is 4. The molecule has 0 radical (unpaired) electrons. The lowest BCUT2D eigenvalue weighted by molar-refractivity contribution is 0.193. The van der Waals surface area contributed by atoms with E-state index in [0.29, 0.717) is 29.5 Å². The Kier molecular flexibility index (Phi) is 5.98. The van der Waals surface area contributed by atoms with E-state index in [9.17, 15) is 4.79 Å².